The van der Waals surface area contributed by atoms with Crippen LogP contribution in [0.4, 0.5) is 0 Å². The van der Waals surface area contributed by atoms with Gasteiger partial charge in [0, 0.05) is 17.8 Å². The first-order chi connectivity index (χ1) is 8.29. The molecule has 4 nitrogen and oxygen atoms in total. The van der Waals surface area contributed by atoms with Crippen molar-refractivity contribution in [3.8, 4) is 0 Å². The quantitative estimate of drug-likeness (QED) is 0.838. The number of halogens is 1. The Morgan fingerprint density at radius 3 is 2.53 bits per heavy atom. The van der Waals surface area contributed by atoms with E-state index < -0.39 is 0 Å². The van der Waals surface area contributed by atoms with Gasteiger partial charge in [0.1, 0.15) is 0 Å². The lowest BCUT2D eigenvalue weighted by Crippen LogP contribution is -2.34. The van der Waals surface area contributed by atoms with E-state index in [0.29, 0.717) is 0 Å². The Kier molecular flexibility index (Phi) is 2.68. The molecule has 1 aromatic carbocycles. The van der Waals surface area contributed by atoms with E-state index in [-0.39, 0.29) is 11.7 Å². The van der Waals surface area contributed by atoms with Gasteiger partial charge in [-0.15, -0.1) is 0 Å². The van der Waals surface area contributed by atoms with Gasteiger partial charge in [0.25, 0.3) is 0 Å². The second-order valence-electron chi connectivity index (χ2n) is 4.40. The fraction of sp³-hybridized carbons (Fsp3) is 0.417. The highest BCUT2D eigenvalue weighted by Crippen LogP contribution is 2.23. The fourth-order valence-electron chi connectivity index (χ4n) is 2.55. The van der Waals surface area contributed by atoms with E-state index in [1.807, 2.05) is 28.8 Å². The van der Waals surface area contributed by atoms with Crippen molar-refractivity contribution in [2.45, 2.75) is 18.9 Å². The standard InChI is InChI=1S/C12H14ClN3O/c13-16-11-4-2-1-3-10(11)15(12(16)17)9-5-7-14-8-6-9/h1-4,9,14H,5-8H2. The predicted molar refractivity (Wildman–Crippen MR) is 68.6 cm³/mol. The predicted octanol–water partition coefficient (Wildman–Crippen LogP) is 1.73. The number of nitrogens with zero attached hydrogens (tertiary/aromatic N) is 2. The maximum Gasteiger partial charge on any atom is 0.344 e. The largest absolute Gasteiger partial charge is 0.344 e. The van der Waals surface area contributed by atoms with Gasteiger partial charge < -0.3 is 5.32 Å². The maximum absolute atomic E-state index is 12.2. The average molecular weight is 252 g/mol. The Hall–Kier alpha value is -1.26. The second-order valence-corrected chi connectivity index (χ2v) is 4.74. The van der Waals surface area contributed by atoms with Gasteiger partial charge in [-0.05, 0) is 38.1 Å². The zero-order valence-corrected chi connectivity index (χ0v) is 10.2. The van der Waals surface area contributed by atoms with Gasteiger partial charge in [-0.25, -0.2) is 8.88 Å². The lowest BCUT2D eigenvalue weighted by atomic mass is 10.1. The SMILES string of the molecule is O=c1n(Cl)c2ccccc2n1C1CCNCC1. The van der Waals surface area contributed by atoms with Gasteiger partial charge >= 0.3 is 5.69 Å². The van der Waals surface area contributed by atoms with Crippen LogP contribution < -0.4 is 11.0 Å². The molecule has 0 unspecified atom stereocenters. The van der Waals surface area contributed by atoms with Crippen LogP contribution in [0.3, 0.4) is 0 Å². The number of para-hydroxylation sites is 2. The molecule has 1 aliphatic heterocycles. The van der Waals surface area contributed by atoms with Gasteiger partial charge in [0.15, 0.2) is 0 Å². The van der Waals surface area contributed by atoms with Crippen LogP contribution in [0.15, 0.2) is 29.1 Å². The molecule has 0 aliphatic carbocycles. The Labute approximate surface area is 104 Å². The first-order valence-corrected chi connectivity index (χ1v) is 6.21. The number of hydrogen-bond donors (Lipinski definition) is 1. The van der Waals surface area contributed by atoms with E-state index in [1.54, 1.807) is 0 Å². The van der Waals surface area contributed by atoms with Crippen molar-refractivity contribution in [1.29, 1.82) is 0 Å². The zero-order chi connectivity index (χ0) is 11.8. The lowest BCUT2D eigenvalue weighted by Gasteiger charge is -2.23. The highest BCUT2D eigenvalue weighted by atomic mass is 35.5. The van der Waals surface area contributed by atoms with E-state index in [4.69, 9.17) is 11.8 Å². The molecule has 0 spiro atoms. The van der Waals surface area contributed by atoms with Crippen LogP contribution in [0.25, 0.3) is 11.0 Å². The highest BCUT2D eigenvalue weighted by molar-refractivity contribution is 6.18. The molecule has 0 bridgehead atoms. The molecule has 1 N–H and O–H groups in total. The van der Waals surface area contributed by atoms with Gasteiger partial charge in [-0.1, -0.05) is 12.1 Å². The van der Waals surface area contributed by atoms with E-state index in [2.05, 4.69) is 5.32 Å². The van der Waals surface area contributed by atoms with Crippen molar-refractivity contribution >= 4 is 22.8 Å². The molecule has 17 heavy (non-hydrogen) atoms. The van der Waals surface area contributed by atoms with Gasteiger partial charge in [0.2, 0.25) is 0 Å². The summed E-state index contributed by atoms with van der Waals surface area (Å²) in [5.41, 5.74) is 1.59. The van der Waals surface area contributed by atoms with Crippen molar-refractivity contribution in [2.75, 3.05) is 13.1 Å². The molecule has 5 heteroatoms. The summed E-state index contributed by atoms with van der Waals surface area (Å²) in [6, 6.07) is 7.93. The third-order valence-electron chi connectivity index (χ3n) is 3.40. The number of hydrogen-bond acceptors (Lipinski definition) is 2. The molecule has 3 rings (SSSR count). The van der Waals surface area contributed by atoms with Crippen molar-refractivity contribution in [2.24, 2.45) is 0 Å². The molecule has 90 valence electrons. The number of fused-ring (bicyclic) bond motifs is 1. The van der Waals surface area contributed by atoms with Crippen LogP contribution in [0.5, 0.6) is 0 Å². The van der Waals surface area contributed by atoms with Crippen molar-refractivity contribution in [3.05, 3.63) is 34.7 Å². The molecule has 0 radical (unpaired) electrons. The van der Waals surface area contributed by atoms with Crippen molar-refractivity contribution in [1.82, 2.24) is 14.0 Å². The summed E-state index contributed by atoms with van der Waals surface area (Å²) in [7, 11) is 0. The first-order valence-electron chi connectivity index (χ1n) is 5.88. The second kappa shape index (κ2) is 4.20. The maximum atomic E-state index is 12.2. The molecule has 1 saturated heterocycles. The normalized spacial score (nSPS) is 17.7. The number of benzene rings is 1. The molecular weight excluding hydrogens is 238 g/mol. The zero-order valence-electron chi connectivity index (χ0n) is 9.40. The number of piperidine rings is 1. The molecule has 2 aromatic rings. The van der Waals surface area contributed by atoms with Crippen molar-refractivity contribution in [3.63, 3.8) is 0 Å². The minimum absolute atomic E-state index is 0.125. The molecule has 0 amide bonds. The lowest BCUT2D eigenvalue weighted by molar-refractivity contribution is 0.368. The molecule has 0 saturated carbocycles. The van der Waals surface area contributed by atoms with Crippen LogP contribution in [0.1, 0.15) is 18.9 Å². The highest BCUT2D eigenvalue weighted by Gasteiger charge is 2.21. The van der Waals surface area contributed by atoms with Crippen LogP contribution in [0.2, 0.25) is 0 Å². The van der Waals surface area contributed by atoms with Crippen LogP contribution in [-0.4, -0.2) is 21.7 Å². The Morgan fingerprint density at radius 1 is 1.18 bits per heavy atom. The average Bonchev–Trinajstić information content (AvgIpc) is 2.64. The molecule has 1 fully saturated rings. The molecule has 1 aliphatic rings. The summed E-state index contributed by atoms with van der Waals surface area (Å²) in [5, 5.41) is 3.30. The Morgan fingerprint density at radius 2 is 1.82 bits per heavy atom. The minimum atomic E-state index is -0.125. The number of nitrogens with one attached hydrogen (secondary N) is 1. The van der Waals surface area contributed by atoms with Gasteiger partial charge in [-0.2, -0.15) is 0 Å². The van der Waals surface area contributed by atoms with Crippen LogP contribution >= 0.6 is 11.8 Å². The summed E-state index contributed by atoms with van der Waals surface area (Å²) < 4.78 is 3.06. The monoisotopic (exact) mass is 251 g/mol. The van der Waals surface area contributed by atoms with E-state index in [9.17, 15) is 4.79 Å². The topological polar surface area (TPSA) is 39.0 Å². The third kappa shape index (κ3) is 1.68. The van der Waals surface area contributed by atoms with Gasteiger partial charge in [-0.3, -0.25) is 4.57 Å². The van der Waals surface area contributed by atoms with E-state index >= 15 is 0 Å². The molecule has 1 aromatic heterocycles. The smallest absolute Gasteiger partial charge is 0.317 e. The Balaban J connectivity index is 2.21. The third-order valence-corrected chi connectivity index (χ3v) is 3.73. The summed E-state index contributed by atoms with van der Waals surface area (Å²) in [6.07, 6.45) is 1.95. The summed E-state index contributed by atoms with van der Waals surface area (Å²) in [6.45, 7) is 1.91. The minimum Gasteiger partial charge on any atom is -0.317 e. The first kappa shape index (κ1) is 10.9. The van der Waals surface area contributed by atoms with E-state index in [1.165, 1.54) is 4.09 Å². The molecule has 0 atom stereocenters. The number of aromatic nitrogens is 2. The summed E-state index contributed by atoms with van der Waals surface area (Å²) in [5.74, 6) is 0. The van der Waals surface area contributed by atoms with Gasteiger partial charge in [0.05, 0.1) is 11.0 Å². The molecule has 2 heterocycles. The summed E-state index contributed by atoms with van der Waals surface area (Å²) in [4.78, 5) is 12.2. The number of imidazole rings is 1. The van der Waals surface area contributed by atoms with Crippen LogP contribution in [-0.2, 0) is 0 Å². The molecular formula is C12H14ClN3O. The van der Waals surface area contributed by atoms with Crippen LogP contribution in [0, 0.1) is 0 Å². The fourth-order valence-corrected chi connectivity index (χ4v) is 2.78. The number of rotatable bonds is 1. The Bertz CT molecular complexity index is 595. The van der Waals surface area contributed by atoms with Crippen molar-refractivity contribution < 1.29 is 0 Å². The summed E-state index contributed by atoms with van der Waals surface area (Å²) >= 11 is 6.03. The van der Waals surface area contributed by atoms with E-state index in [0.717, 1.165) is 37.0 Å².